The number of hydrogen-bond acceptors (Lipinski definition) is 6. The summed E-state index contributed by atoms with van der Waals surface area (Å²) >= 11 is 0. The maximum atomic E-state index is 5.97. The normalized spacial score (nSPS) is 16.5. The SMILES string of the molecule is COc1c(CN)c(CCC2C=CCO2)c(OC)c(OC)c1OC. The molecule has 2 rings (SSSR count). The first-order valence-electron chi connectivity index (χ1n) is 7.57. The predicted octanol–water partition coefficient (Wildman–Crippen LogP) is 2.07. The van der Waals surface area contributed by atoms with E-state index in [1.54, 1.807) is 28.4 Å². The van der Waals surface area contributed by atoms with Crippen LogP contribution in [-0.4, -0.2) is 41.2 Å². The van der Waals surface area contributed by atoms with Crippen LogP contribution in [0.5, 0.6) is 23.0 Å². The van der Waals surface area contributed by atoms with Crippen molar-refractivity contribution >= 4 is 0 Å². The Hall–Kier alpha value is -1.92. The number of hydrogen-bond donors (Lipinski definition) is 1. The van der Waals surface area contributed by atoms with Crippen LogP contribution in [0.1, 0.15) is 17.5 Å². The van der Waals surface area contributed by atoms with Gasteiger partial charge in [0, 0.05) is 17.7 Å². The van der Waals surface area contributed by atoms with Gasteiger partial charge in [-0.15, -0.1) is 0 Å². The van der Waals surface area contributed by atoms with Gasteiger partial charge >= 0.3 is 0 Å². The van der Waals surface area contributed by atoms with Gasteiger partial charge in [-0.2, -0.15) is 0 Å². The average Bonchev–Trinajstić information content (AvgIpc) is 3.10. The van der Waals surface area contributed by atoms with Gasteiger partial charge in [-0.05, 0) is 12.8 Å². The molecule has 23 heavy (non-hydrogen) atoms. The molecule has 0 bridgehead atoms. The fraction of sp³-hybridized carbons (Fsp3) is 0.529. The summed E-state index contributed by atoms with van der Waals surface area (Å²) in [6, 6.07) is 0. The zero-order chi connectivity index (χ0) is 16.8. The second kappa shape index (κ2) is 8.08. The van der Waals surface area contributed by atoms with Crippen molar-refractivity contribution in [2.45, 2.75) is 25.5 Å². The molecule has 2 N–H and O–H groups in total. The number of methoxy groups -OCH3 is 4. The summed E-state index contributed by atoms with van der Waals surface area (Å²) in [6.07, 6.45) is 5.79. The van der Waals surface area contributed by atoms with Crippen LogP contribution < -0.4 is 24.7 Å². The van der Waals surface area contributed by atoms with E-state index in [4.69, 9.17) is 29.4 Å². The Morgan fingerprint density at radius 1 is 0.957 bits per heavy atom. The molecule has 0 aliphatic carbocycles. The summed E-state index contributed by atoms with van der Waals surface area (Å²) in [7, 11) is 6.35. The second-order valence-corrected chi connectivity index (χ2v) is 5.13. The first-order valence-corrected chi connectivity index (χ1v) is 7.57. The highest BCUT2D eigenvalue weighted by molar-refractivity contribution is 5.67. The molecule has 1 atom stereocenters. The van der Waals surface area contributed by atoms with Crippen molar-refractivity contribution < 1.29 is 23.7 Å². The van der Waals surface area contributed by atoms with Gasteiger partial charge < -0.3 is 29.4 Å². The molecule has 1 aliphatic rings. The summed E-state index contributed by atoms with van der Waals surface area (Å²) in [5, 5.41) is 0. The minimum Gasteiger partial charge on any atom is -0.492 e. The first-order chi connectivity index (χ1) is 11.2. The Kier molecular flexibility index (Phi) is 6.12. The lowest BCUT2D eigenvalue weighted by Gasteiger charge is -2.23. The highest BCUT2D eigenvalue weighted by Gasteiger charge is 2.27. The molecule has 128 valence electrons. The number of nitrogens with two attached hydrogens (primary N) is 1. The lowest BCUT2D eigenvalue weighted by Crippen LogP contribution is -2.12. The first kappa shape index (κ1) is 17.4. The van der Waals surface area contributed by atoms with Crippen LogP contribution in [0.15, 0.2) is 12.2 Å². The van der Waals surface area contributed by atoms with Gasteiger partial charge in [-0.25, -0.2) is 0 Å². The second-order valence-electron chi connectivity index (χ2n) is 5.13. The highest BCUT2D eigenvalue weighted by Crippen LogP contribution is 2.49. The minimum absolute atomic E-state index is 0.115. The van der Waals surface area contributed by atoms with Crippen molar-refractivity contribution in [1.82, 2.24) is 0 Å². The molecule has 0 saturated heterocycles. The number of rotatable bonds is 8. The van der Waals surface area contributed by atoms with E-state index in [9.17, 15) is 0 Å². The van der Waals surface area contributed by atoms with Gasteiger partial charge in [-0.1, -0.05) is 12.2 Å². The van der Waals surface area contributed by atoms with E-state index in [0.717, 1.165) is 24.0 Å². The molecule has 1 aromatic rings. The third-order valence-electron chi connectivity index (χ3n) is 3.99. The smallest absolute Gasteiger partial charge is 0.207 e. The van der Waals surface area contributed by atoms with E-state index in [2.05, 4.69) is 6.08 Å². The molecular weight excluding hydrogens is 298 g/mol. The van der Waals surface area contributed by atoms with Crippen molar-refractivity contribution in [1.29, 1.82) is 0 Å². The standard InChI is InChI=1S/C17H25NO5/c1-19-14-12(8-7-11-6-5-9-23-11)13(10-18)15(20-2)17(22-4)16(14)21-3/h5-6,11H,7-10,18H2,1-4H3. The molecule has 1 heterocycles. The molecule has 1 aliphatic heterocycles. The molecule has 6 nitrogen and oxygen atoms in total. The molecule has 0 amide bonds. The number of benzene rings is 1. The third-order valence-corrected chi connectivity index (χ3v) is 3.99. The molecule has 6 heteroatoms. The molecule has 0 spiro atoms. The fourth-order valence-corrected chi connectivity index (χ4v) is 2.95. The Labute approximate surface area is 137 Å². The van der Waals surface area contributed by atoms with Crippen LogP contribution >= 0.6 is 0 Å². The van der Waals surface area contributed by atoms with E-state index < -0.39 is 0 Å². The van der Waals surface area contributed by atoms with Crippen molar-refractivity contribution in [2.75, 3.05) is 35.0 Å². The third kappa shape index (κ3) is 3.38. The van der Waals surface area contributed by atoms with Crippen LogP contribution in [0, 0.1) is 0 Å². The van der Waals surface area contributed by atoms with Crippen LogP contribution in [0.3, 0.4) is 0 Å². The van der Waals surface area contributed by atoms with Gasteiger partial charge in [0.15, 0.2) is 11.5 Å². The minimum atomic E-state index is 0.115. The van der Waals surface area contributed by atoms with E-state index in [-0.39, 0.29) is 6.10 Å². The lowest BCUT2D eigenvalue weighted by atomic mass is 9.97. The van der Waals surface area contributed by atoms with E-state index >= 15 is 0 Å². The van der Waals surface area contributed by atoms with Crippen LogP contribution in [0.25, 0.3) is 0 Å². The van der Waals surface area contributed by atoms with Crippen LogP contribution in [0.2, 0.25) is 0 Å². The zero-order valence-corrected chi connectivity index (χ0v) is 14.2. The largest absolute Gasteiger partial charge is 0.492 e. The van der Waals surface area contributed by atoms with E-state index in [1.165, 1.54) is 0 Å². The summed E-state index contributed by atoms with van der Waals surface area (Å²) < 4.78 is 27.7. The molecule has 0 radical (unpaired) electrons. The average molecular weight is 323 g/mol. The fourth-order valence-electron chi connectivity index (χ4n) is 2.95. The van der Waals surface area contributed by atoms with Gasteiger partial charge in [0.1, 0.15) is 0 Å². The summed E-state index contributed by atoms with van der Waals surface area (Å²) in [5.41, 5.74) is 7.80. The summed E-state index contributed by atoms with van der Waals surface area (Å²) in [6.45, 7) is 0.984. The Morgan fingerprint density at radius 3 is 1.96 bits per heavy atom. The monoisotopic (exact) mass is 323 g/mol. The molecular formula is C17H25NO5. The molecule has 0 aromatic heterocycles. The van der Waals surface area contributed by atoms with E-state index in [0.29, 0.717) is 36.1 Å². The zero-order valence-electron chi connectivity index (χ0n) is 14.2. The van der Waals surface area contributed by atoms with Gasteiger partial charge in [-0.3, -0.25) is 0 Å². The topological polar surface area (TPSA) is 72.2 Å². The van der Waals surface area contributed by atoms with Gasteiger partial charge in [0.2, 0.25) is 11.5 Å². The number of ether oxygens (including phenoxy) is 5. The Bertz CT molecular complexity index is 538. The van der Waals surface area contributed by atoms with Crippen molar-refractivity contribution in [3.63, 3.8) is 0 Å². The molecule has 1 unspecified atom stereocenters. The van der Waals surface area contributed by atoms with Crippen LogP contribution in [0.4, 0.5) is 0 Å². The molecule has 1 aromatic carbocycles. The summed E-state index contributed by atoms with van der Waals surface area (Å²) in [5.74, 6) is 2.23. The quantitative estimate of drug-likeness (QED) is 0.738. The van der Waals surface area contributed by atoms with Gasteiger partial charge in [0.05, 0.1) is 41.2 Å². The maximum Gasteiger partial charge on any atom is 0.207 e. The van der Waals surface area contributed by atoms with E-state index in [1.807, 2.05) is 6.08 Å². The maximum absolute atomic E-state index is 5.97. The van der Waals surface area contributed by atoms with Crippen LogP contribution in [-0.2, 0) is 17.7 Å². The van der Waals surface area contributed by atoms with Gasteiger partial charge in [0.25, 0.3) is 0 Å². The predicted molar refractivity (Wildman–Crippen MR) is 87.7 cm³/mol. The lowest BCUT2D eigenvalue weighted by molar-refractivity contribution is 0.121. The Balaban J connectivity index is 2.49. The van der Waals surface area contributed by atoms with Crippen molar-refractivity contribution in [2.24, 2.45) is 5.73 Å². The molecule has 0 saturated carbocycles. The summed E-state index contributed by atoms with van der Waals surface area (Å²) in [4.78, 5) is 0. The van der Waals surface area contributed by atoms with Crippen molar-refractivity contribution in [3.05, 3.63) is 23.3 Å². The highest BCUT2D eigenvalue weighted by atomic mass is 16.5. The Morgan fingerprint density at radius 2 is 1.52 bits per heavy atom. The van der Waals surface area contributed by atoms with Crippen molar-refractivity contribution in [3.8, 4) is 23.0 Å². The molecule has 0 fully saturated rings.